The minimum Gasteiger partial charge on any atom is -0.347 e. The SMILES string of the molecule is CC(=O)c1ccc(S(=O)(=O)N(C)CCCC(=O)NCC(F)(F)F)cc1. The van der Waals surface area contributed by atoms with Crippen molar-refractivity contribution in [3.8, 4) is 0 Å². The van der Waals surface area contributed by atoms with Crippen molar-refractivity contribution in [2.75, 3.05) is 20.1 Å². The van der Waals surface area contributed by atoms with Crippen LogP contribution in [0.4, 0.5) is 13.2 Å². The number of sulfonamides is 1. The number of rotatable bonds is 8. The molecule has 10 heteroatoms. The summed E-state index contributed by atoms with van der Waals surface area (Å²) in [6.45, 7) is -0.0852. The minimum absolute atomic E-state index is 0.0125. The fraction of sp³-hybridized carbons (Fsp3) is 0.467. The van der Waals surface area contributed by atoms with Crippen molar-refractivity contribution in [2.24, 2.45) is 0 Å². The van der Waals surface area contributed by atoms with Crippen molar-refractivity contribution >= 4 is 21.7 Å². The lowest BCUT2D eigenvalue weighted by Gasteiger charge is -2.17. The van der Waals surface area contributed by atoms with E-state index in [1.807, 2.05) is 0 Å². The number of alkyl halides is 3. The van der Waals surface area contributed by atoms with E-state index in [4.69, 9.17) is 0 Å². The maximum Gasteiger partial charge on any atom is 0.405 e. The Morgan fingerprint density at radius 3 is 2.20 bits per heavy atom. The summed E-state index contributed by atoms with van der Waals surface area (Å²) in [7, 11) is -2.50. The topological polar surface area (TPSA) is 83.6 Å². The van der Waals surface area contributed by atoms with E-state index in [1.54, 1.807) is 5.32 Å². The van der Waals surface area contributed by atoms with Crippen molar-refractivity contribution in [3.05, 3.63) is 29.8 Å². The van der Waals surface area contributed by atoms with Crippen LogP contribution < -0.4 is 5.32 Å². The molecule has 25 heavy (non-hydrogen) atoms. The van der Waals surface area contributed by atoms with Gasteiger partial charge in [0.2, 0.25) is 15.9 Å². The second-order valence-corrected chi connectivity index (χ2v) is 7.45. The van der Waals surface area contributed by atoms with E-state index in [9.17, 15) is 31.2 Å². The van der Waals surface area contributed by atoms with Crippen LogP contribution in [0.1, 0.15) is 30.1 Å². The molecule has 1 amide bonds. The highest BCUT2D eigenvalue weighted by molar-refractivity contribution is 7.89. The molecule has 0 radical (unpaired) electrons. The Bertz CT molecular complexity index is 715. The van der Waals surface area contributed by atoms with Crippen LogP contribution in [0, 0.1) is 0 Å². The summed E-state index contributed by atoms with van der Waals surface area (Å²) in [5, 5.41) is 1.72. The second-order valence-electron chi connectivity index (χ2n) is 5.40. The van der Waals surface area contributed by atoms with Crippen molar-refractivity contribution in [3.63, 3.8) is 0 Å². The van der Waals surface area contributed by atoms with E-state index in [0.29, 0.717) is 5.56 Å². The Labute approximate surface area is 144 Å². The van der Waals surface area contributed by atoms with E-state index >= 15 is 0 Å². The summed E-state index contributed by atoms with van der Waals surface area (Å²) >= 11 is 0. The lowest BCUT2D eigenvalue weighted by molar-refractivity contribution is -0.138. The van der Waals surface area contributed by atoms with Crippen LogP contribution in [-0.4, -0.2) is 50.7 Å². The van der Waals surface area contributed by atoms with Crippen LogP contribution in [0.25, 0.3) is 0 Å². The molecule has 6 nitrogen and oxygen atoms in total. The van der Waals surface area contributed by atoms with E-state index in [2.05, 4.69) is 0 Å². The van der Waals surface area contributed by atoms with Gasteiger partial charge in [-0.15, -0.1) is 0 Å². The van der Waals surface area contributed by atoms with E-state index in [-0.39, 0.29) is 30.1 Å². The van der Waals surface area contributed by atoms with Crippen LogP contribution in [-0.2, 0) is 14.8 Å². The summed E-state index contributed by atoms with van der Waals surface area (Å²) < 4.78 is 61.6. The third-order valence-corrected chi connectivity index (χ3v) is 5.20. The van der Waals surface area contributed by atoms with Gasteiger partial charge in [0.25, 0.3) is 0 Å². The molecule has 0 fully saturated rings. The molecule has 0 spiro atoms. The maximum atomic E-state index is 12.3. The summed E-state index contributed by atoms with van der Waals surface area (Å²) in [5.74, 6) is -0.990. The highest BCUT2D eigenvalue weighted by Crippen LogP contribution is 2.16. The fourth-order valence-electron chi connectivity index (χ4n) is 1.91. The van der Waals surface area contributed by atoms with Gasteiger partial charge in [-0.3, -0.25) is 9.59 Å². The molecule has 1 aromatic rings. The Morgan fingerprint density at radius 2 is 1.72 bits per heavy atom. The van der Waals surface area contributed by atoms with Crippen LogP contribution in [0.2, 0.25) is 0 Å². The number of hydrogen-bond acceptors (Lipinski definition) is 4. The number of nitrogens with zero attached hydrogens (tertiary/aromatic N) is 1. The first-order valence-corrected chi connectivity index (χ1v) is 8.78. The van der Waals surface area contributed by atoms with Crippen molar-refractivity contribution in [2.45, 2.75) is 30.8 Å². The number of carbonyl (C=O) groups excluding carboxylic acids is 2. The van der Waals surface area contributed by atoms with Gasteiger partial charge in [-0.1, -0.05) is 12.1 Å². The van der Waals surface area contributed by atoms with Gasteiger partial charge in [0.1, 0.15) is 6.54 Å². The van der Waals surface area contributed by atoms with Crippen molar-refractivity contribution in [1.29, 1.82) is 0 Å². The van der Waals surface area contributed by atoms with Crippen LogP contribution in [0.15, 0.2) is 29.2 Å². The van der Waals surface area contributed by atoms with Crippen LogP contribution >= 0.6 is 0 Å². The smallest absolute Gasteiger partial charge is 0.347 e. The maximum absolute atomic E-state index is 12.3. The average Bonchev–Trinajstić information content (AvgIpc) is 2.52. The lowest BCUT2D eigenvalue weighted by atomic mass is 10.2. The molecule has 0 aliphatic heterocycles. The molecule has 0 unspecified atom stereocenters. The Morgan fingerprint density at radius 1 is 1.16 bits per heavy atom. The number of halogens is 3. The first kappa shape index (κ1) is 21.1. The predicted molar refractivity (Wildman–Crippen MR) is 84.6 cm³/mol. The predicted octanol–water partition coefficient (Wildman–Crippen LogP) is 1.97. The lowest BCUT2D eigenvalue weighted by Crippen LogP contribution is -2.34. The normalized spacial score (nSPS) is 12.2. The quantitative estimate of drug-likeness (QED) is 0.699. The summed E-state index contributed by atoms with van der Waals surface area (Å²) in [6, 6.07) is 5.40. The zero-order chi connectivity index (χ0) is 19.3. The molecule has 0 aliphatic rings. The van der Waals surface area contributed by atoms with Gasteiger partial charge < -0.3 is 5.32 Å². The number of benzene rings is 1. The molecular weight excluding hydrogens is 361 g/mol. The number of nitrogens with one attached hydrogen (secondary N) is 1. The highest BCUT2D eigenvalue weighted by atomic mass is 32.2. The zero-order valence-electron chi connectivity index (χ0n) is 13.8. The highest BCUT2D eigenvalue weighted by Gasteiger charge is 2.27. The van der Waals surface area contributed by atoms with Crippen molar-refractivity contribution in [1.82, 2.24) is 9.62 Å². The van der Waals surface area contributed by atoms with Crippen LogP contribution in [0.5, 0.6) is 0 Å². The number of Topliss-reactive ketones (excluding diaryl/α,β-unsaturated/α-hetero) is 1. The molecule has 0 aromatic heterocycles. The van der Waals surface area contributed by atoms with Crippen molar-refractivity contribution < 1.29 is 31.2 Å². The molecule has 0 atom stereocenters. The summed E-state index contributed by atoms with van der Waals surface area (Å²) in [6.07, 6.45) is -4.63. The molecular formula is C15H19F3N2O4S. The van der Waals surface area contributed by atoms with Gasteiger partial charge in [0, 0.05) is 25.6 Å². The monoisotopic (exact) mass is 380 g/mol. The third-order valence-electron chi connectivity index (χ3n) is 3.33. The molecule has 0 saturated carbocycles. The molecule has 140 valence electrons. The van der Waals surface area contributed by atoms with Gasteiger partial charge in [0.05, 0.1) is 4.90 Å². The Balaban J connectivity index is 2.56. The first-order chi connectivity index (χ1) is 11.4. The number of ketones is 1. The van der Waals surface area contributed by atoms with Gasteiger partial charge in [-0.25, -0.2) is 12.7 Å². The number of carbonyl (C=O) groups is 2. The molecule has 0 bridgehead atoms. The Hall–Kier alpha value is -1.94. The molecule has 0 saturated heterocycles. The standard InChI is InChI=1S/C15H19F3N2O4S/c1-11(21)12-5-7-13(8-6-12)25(23,24)20(2)9-3-4-14(22)19-10-15(16,17)18/h5-8H,3-4,9-10H2,1-2H3,(H,19,22). The average molecular weight is 380 g/mol. The second kappa shape index (κ2) is 8.43. The number of amides is 1. The Kier molecular flexibility index (Phi) is 7.12. The fourth-order valence-corrected chi connectivity index (χ4v) is 3.12. The van der Waals surface area contributed by atoms with Gasteiger partial charge in [-0.2, -0.15) is 13.2 Å². The zero-order valence-corrected chi connectivity index (χ0v) is 14.6. The van der Waals surface area contributed by atoms with E-state index in [0.717, 1.165) is 4.31 Å². The van der Waals surface area contributed by atoms with Gasteiger partial charge in [0.15, 0.2) is 5.78 Å². The van der Waals surface area contributed by atoms with Gasteiger partial charge >= 0.3 is 6.18 Å². The molecule has 0 aliphatic carbocycles. The largest absolute Gasteiger partial charge is 0.405 e. The molecule has 1 aromatic carbocycles. The van der Waals surface area contributed by atoms with Gasteiger partial charge in [-0.05, 0) is 25.5 Å². The first-order valence-electron chi connectivity index (χ1n) is 7.34. The molecule has 1 rings (SSSR count). The third kappa shape index (κ3) is 6.83. The molecule has 1 N–H and O–H groups in total. The minimum atomic E-state index is -4.48. The number of hydrogen-bond donors (Lipinski definition) is 1. The van der Waals surface area contributed by atoms with E-state index < -0.39 is 28.7 Å². The van der Waals surface area contributed by atoms with E-state index in [1.165, 1.54) is 38.2 Å². The molecule has 0 heterocycles. The summed E-state index contributed by atoms with van der Waals surface area (Å²) in [5.41, 5.74) is 0.378. The van der Waals surface area contributed by atoms with Crippen LogP contribution in [0.3, 0.4) is 0 Å². The summed E-state index contributed by atoms with van der Waals surface area (Å²) in [4.78, 5) is 22.5.